The lowest BCUT2D eigenvalue weighted by atomic mass is 10.2. The van der Waals surface area contributed by atoms with Crippen LogP contribution in [0.4, 0.5) is 5.69 Å². The summed E-state index contributed by atoms with van der Waals surface area (Å²) in [5, 5.41) is 3.73. The molecule has 0 bridgehead atoms. The van der Waals surface area contributed by atoms with E-state index in [0.717, 1.165) is 11.3 Å². The van der Waals surface area contributed by atoms with Crippen LogP contribution in [0.15, 0.2) is 34.9 Å². The molecule has 0 radical (unpaired) electrons. The highest BCUT2D eigenvalue weighted by molar-refractivity contribution is 6.04. The summed E-state index contributed by atoms with van der Waals surface area (Å²) in [5.74, 6) is 0.461. The zero-order valence-corrected chi connectivity index (χ0v) is 10.1. The van der Waals surface area contributed by atoms with Crippen LogP contribution in [0.5, 0.6) is 0 Å². The number of hydrogen-bond donors (Lipinski definition) is 0. The number of benzene rings is 1. The van der Waals surface area contributed by atoms with E-state index < -0.39 is 0 Å². The Labute approximate surface area is 99.8 Å². The van der Waals surface area contributed by atoms with Crippen LogP contribution in [0.3, 0.4) is 0 Å². The van der Waals surface area contributed by atoms with Crippen molar-refractivity contribution in [2.45, 2.75) is 13.8 Å². The van der Waals surface area contributed by atoms with Gasteiger partial charge in [0, 0.05) is 18.8 Å². The van der Waals surface area contributed by atoms with Gasteiger partial charge in [0.1, 0.15) is 5.76 Å². The fourth-order valence-electron chi connectivity index (χ4n) is 1.69. The first-order valence-electron chi connectivity index (χ1n) is 5.36. The minimum absolute atomic E-state index is 0.170. The van der Waals surface area contributed by atoms with E-state index in [9.17, 15) is 4.79 Å². The standard InChI is InChI=1S/C13H14N2O2/c1-9-6-4-5-7-12(9)15(3)13(16)11-8-10(2)17-14-11/h4-8H,1-3H3. The van der Waals surface area contributed by atoms with E-state index in [1.807, 2.05) is 31.2 Å². The van der Waals surface area contributed by atoms with Gasteiger partial charge in [-0.15, -0.1) is 0 Å². The minimum atomic E-state index is -0.170. The lowest BCUT2D eigenvalue weighted by Gasteiger charge is -2.17. The molecule has 4 nitrogen and oxygen atoms in total. The normalized spacial score (nSPS) is 10.3. The Balaban J connectivity index is 2.29. The zero-order chi connectivity index (χ0) is 12.4. The average molecular weight is 230 g/mol. The number of carbonyl (C=O) groups is 1. The number of anilines is 1. The molecule has 0 spiro atoms. The van der Waals surface area contributed by atoms with E-state index in [0.29, 0.717) is 11.5 Å². The molecule has 1 amide bonds. The largest absolute Gasteiger partial charge is 0.361 e. The van der Waals surface area contributed by atoms with Crippen molar-refractivity contribution in [1.82, 2.24) is 5.16 Å². The first-order chi connectivity index (χ1) is 8.09. The fourth-order valence-corrected chi connectivity index (χ4v) is 1.69. The van der Waals surface area contributed by atoms with Gasteiger partial charge in [0.15, 0.2) is 5.69 Å². The number of para-hydroxylation sites is 1. The first-order valence-corrected chi connectivity index (χ1v) is 5.36. The van der Waals surface area contributed by atoms with Gasteiger partial charge in [0.2, 0.25) is 0 Å². The van der Waals surface area contributed by atoms with E-state index in [2.05, 4.69) is 5.16 Å². The summed E-state index contributed by atoms with van der Waals surface area (Å²) in [6.07, 6.45) is 0. The van der Waals surface area contributed by atoms with Crippen molar-refractivity contribution < 1.29 is 9.32 Å². The SMILES string of the molecule is Cc1cc(C(=O)N(C)c2ccccc2C)no1. The number of nitrogens with zero attached hydrogens (tertiary/aromatic N) is 2. The van der Waals surface area contributed by atoms with Crippen LogP contribution < -0.4 is 4.90 Å². The van der Waals surface area contributed by atoms with E-state index >= 15 is 0 Å². The van der Waals surface area contributed by atoms with Gasteiger partial charge >= 0.3 is 0 Å². The highest BCUT2D eigenvalue weighted by Gasteiger charge is 2.18. The van der Waals surface area contributed by atoms with Crippen molar-refractivity contribution in [2.75, 3.05) is 11.9 Å². The summed E-state index contributed by atoms with van der Waals surface area (Å²) in [4.78, 5) is 13.7. The highest BCUT2D eigenvalue weighted by Crippen LogP contribution is 2.19. The summed E-state index contributed by atoms with van der Waals surface area (Å²) in [7, 11) is 1.73. The van der Waals surface area contributed by atoms with E-state index in [-0.39, 0.29) is 5.91 Å². The number of rotatable bonds is 2. The predicted molar refractivity (Wildman–Crippen MR) is 65.2 cm³/mol. The van der Waals surface area contributed by atoms with Crippen LogP contribution in [0.1, 0.15) is 21.8 Å². The second-order valence-electron chi connectivity index (χ2n) is 3.97. The second kappa shape index (κ2) is 4.41. The van der Waals surface area contributed by atoms with Crippen LogP contribution in [-0.4, -0.2) is 18.1 Å². The molecular formula is C13H14N2O2. The molecular weight excluding hydrogens is 216 g/mol. The summed E-state index contributed by atoms with van der Waals surface area (Å²) < 4.78 is 4.90. The van der Waals surface area contributed by atoms with Crippen LogP contribution in [-0.2, 0) is 0 Å². The van der Waals surface area contributed by atoms with Crippen LogP contribution in [0.2, 0.25) is 0 Å². The maximum atomic E-state index is 12.1. The fraction of sp³-hybridized carbons (Fsp3) is 0.231. The Kier molecular flexibility index (Phi) is 2.95. The molecule has 1 aromatic heterocycles. The Morgan fingerprint density at radius 3 is 2.59 bits per heavy atom. The van der Waals surface area contributed by atoms with Gasteiger partial charge in [-0.25, -0.2) is 0 Å². The smallest absolute Gasteiger partial charge is 0.280 e. The molecule has 17 heavy (non-hydrogen) atoms. The van der Waals surface area contributed by atoms with Gasteiger partial charge in [-0.2, -0.15) is 0 Å². The minimum Gasteiger partial charge on any atom is -0.361 e. The zero-order valence-electron chi connectivity index (χ0n) is 10.1. The molecule has 0 aliphatic carbocycles. The van der Waals surface area contributed by atoms with Crippen LogP contribution in [0.25, 0.3) is 0 Å². The molecule has 0 aliphatic heterocycles. The van der Waals surface area contributed by atoms with Crippen LogP contribution in [0, 0.1) is 13.8 Å². The van der Waals surface area contributed by atoms with E-state index in [1.54, 1.807) is 24.9 Å². The van der Waals surface area contributed by atoms with Gasteiger partial charge in [0.25, 0.3) is 5.91 Å². The molecule has 1 aromatic carbocycles. The summed E-state index contributed by atoms with van der Waals surface area (Å²) in [6, 6.07) is 9.35. The maximum absolute atomic E-state index is 12.1. The third-order valence-corrected chi connectivity index (χ3v) is 2.63. The molecule has 0 aliphatic rings. The Hall–Kier alpha value is -2.10. The predicted octanol–water partition coefficient (Wildman–Crippen LogP) is 2.57. The quantitative estimate of drug-likeness (QED) is 0.796. The second-order valence-corrected chi connectivity index (χ2v) is 3.97. The lowest BCUT2D eigenvalue weighted by Crippen LogP contribution is -2.27. The van der Waals surface area contributed by atoms with Gasteiger partial charge in [-0.1, -0.05) is 23.4 Å². The Morgan fingerprint density at radius 2 is 2.00 bits per heavy atom. The third-order valence-electron chi connectivity index (χ3n) is 2.63. The molecule has 88 valence electrons. The highest BCUT2D eigenvalue weighted by atomic mass is 16.5. The van der Waals surface area contributed by atoms with Crippen LogP contribution >= 0.6 is 0 Å². The van der Waals surface area contributed by atoms with Gasteiger partial charge < -0.3 is 9.42 Å². The molecule has 0 unspecified atom stereocenters. The molecule has 0 N–H and O–H groups in total. The molecule has 2 rings (SSSR count). The topological polar surface area (TPSA) is 46.3 Å². The van der Waals surface area contributed by atoms with Crippen molar-refractivity contribution >= 4 is 11.6 Å². The van der Waals surface area contributed by atoms with Crippen molar-refractivity contribution in [3.05, 3.63) is 47.3 Å². The summed E-state index contributed by atoms with van der Waals surface area (Å²) in [6.45, 7) is 3.73. The van der Waals surface area contributed by atoms with E-state index in [1.165, 1.54) is 0 Å². The maximum Gasteiger partial charge on any atom is 0.280 e. The van der Waals surface area contributed by atoms with Crippen molar-refractivity contribution in [3.63, 3.8) is 0 Å². The van der Waals surface area contributed by atoms with Crippen molar-refractivity contribution in [1.29, 1.82) is 0 Å². The van der Waals surface area contributed by atoms with Gasteiger partial charge in [-0.3, -0.25) is 4.79 Å². The number of hydrogen-bond acceptors (Lipinski definition) is 3. The number of carbonyl (C=O) groups excluding carboxylic acids is 1. The average Bonchev–Trinajstić information content (AvgIpc) is 2.75. The summed E-state index contributed by atoms with van der Waals surface area (Å²) >= 11 is 0. The molecule has 0 atom stereocenters. The Bertz CT molecular complexity index is 546. The van der Waals surface area contributed by atoms with Crippen molar-refractivity contribution in [2.24, 2.45) is 0 Å². The lowest BCUT2D eigenvalue weighted by molar-refractivity contribution is 0.0984. The Morgan fingerprint density at radius 1 is 1.29 bits per heavy atom. The molecule has 0 saturated heterocycles. The molecule has 0 fully saturated rings. The van der Waals surface area contributed by atoms with Crippen molar-refractivity contribution in [3.8, 4) is 0 Å². The number of aryl methyl sites for hydroxylation is 2. The van der Waals surface area contributed by atoms with E-state index in [4.69, 9.17) is 4.52 Å². The molecule has 0 saturated carbocycles. The van der Waals surface area contributed by atoms with Gasteiger partial charge in [-0.05, 0) is 25.5 Å². The molecule has 2 aromatic rings. The van der Waals surface area contributed by atoms with Gasteiger partial charge in [0.05, 0.1) is 0 Å². The molecule has 1 heterocycles. The third kappa shape index (κ3) is 2.20. The monoisotopic (exact) mass is 230 g/mol. The molecule has 4 heteroatoms. The number of amides is 1. The summed E-state index contributed by atoms with van der Waals surface area (Å²) in [5.41, 5.74) is 2.25. The number of aromatic nitrogens is 1. The first kappa shape index (κ1) is 11.4.